The number of nitrogens with one attached hydrogen (secondary N) is 2. The van der Waals surface area contributed by atoms with Crippen LogP contribution < -0.4 is 5.32 Å². The lowest BCUT2D eigenvalue weighted by atomic mass is 10.1. The van der Waals surface area contributed by atoms with Crippen LogP contribution in [0.1, 0.15) is 36.3 Å². The Hall–Kier alpha value is -3.53. The highest BCUT2D eigenvalue weighted by Crippen LogP contribution is 2.19. The fourth-order valence-corrected chi connectivity index (χ4v) is 3.41. The van der Waals surface area contributed by atoms with Crippen LogP contribution in [0.15, 0.2) is 42.0 Å². The van der Waals surface area contributed by atoms with E-state index >= 15 is 0 Å². The molecule has 2 heterocycles. The van der Waals surface area contributed by atoms with E-state index in [0.717, 1.165) is 5.56 Å². The molecule has 2 aromatic heterocycles. The molecule has 10 heteroatoms. The minimum Gasteiger partial charge on any atom is -0.466 e. The molecule has 9 nitrogen and oxygen atoms in total. The van der Waals surface area contributed by atoms with Gasteiger partial charge in [-0.05, 0) is 25.5 Å². The van der Waals surface area contributed by atoms with E-state index < -0.39 is 18.0 Å². The number of thiazole rings is 1. The highest BCUT2D eigenvalue weighted by atomic mass is 32.1. The summed E-state index contributed by atoms with van der Waals surface area (Å²) < 4.78 is 10.3. The highest BCUT2D eigenvalue weighted by Gasteiger charge is 2.23. The minimum absolute atomic E-state index is 0.0282. The number of imidazole rings is 1. The third kappa shape index (κ3) is 5.98. The number of hydrogen-bond donors (Lipinski definition) is 2. The first kappa shape index (κ1) is 22.2. The van der Waals surface area contributed by atoms with Gasteiger partial charge in [0, 0.05) is 23.3 Å². The maximum atomic E-state index is 12.5. The largest absolute Gasteiger partial charge is 0.466 e. The number of benzene rings is 1. The summed E-state index contributed by atoms with van der Waals surface area (Å²) in [5, 5.41) is 4.62. The summed E-state index contributed by atoms with van der Waals surface area (Å²) in [4.78, 5) is 47.9. The summed E-state index contributed by atoms with van der Waals surface area (Å²) in [6, 6.07) is 6.73. The summed E-state index contributed by atoms with van der Waals surface area (Å²) in [6.45, 7) is 3.76. The van der Waals surface area contributed by atoms with E-state index in [9.17, 15) is 14.4 Å². The van der Waals surface area contributed by atoms with Gasteiger partial charge in [0.05, 0.1) is 24.3 Å². The third-order valence-corrected chi connectivity index (χ3v) is 5.02. The number of esters is 2. The van der Waals surface area contributed by atoms with E-state index in [4.69, 9.17) is 9.47 Å². The van der Waals surface area contributed by atoms with Gasteiger partial charge in [0.2, 0.25) is 0 Å². The molecule has 0 saturated heterocycles. The van der Waals surface area contributed by atoms with Gasteiger partial charge in [0.1, 0.15) is 5.82 Å². The number of rotatable bonds is 9. The summed E-state index contributed by atoms with van der Waals surface area (Å²) in [7, 11) is 0. The molecule has 0 aliphatic heterocycles. The Kier molecular flexibility index (Phi) is 7.50. The Bertz CT molecular complexity index is 1030. The molecule has 3 aromatic rings. The van der Waals surface area contributed by atoms with Crippen molar-refractivity contribution < 1.29 is 23.9 Å². The van der Waals surface area contributed by atoms with Gasteiger partial charge < -0.3 is 14.5 Å². The molecule has 0 bridgehead atoms. The minimum atomic E-state index is -0.977. The normalized spacial score (nSPS) is 11.5. The predicted molar refractivity (Wildman–Crippen MR) is 115 cm³/mol. The van der Waals surface area contributed by atoms with Gasteiger partial charge in [0.25, 0.3) is 5.91 Å². The second-order valence-electron chi connectivity index (χ2n) is 6.43. The van der Waals surface area contributed by atoms with E-state index in [1.165, 1.54) is 11.3 Å². The van der Waals surface area contributed by atoms with E-state index in [0.29, 0.717) is 35.2 Å². The quantitative estimate of drug-likeness (QED) is 0.488. The van der Waals surface area contributed by atoms with Crippen LogP contribution in [0.25, 0.3) is 11.4 Å². The molecule has 1 aromatic carbocycles. The van der Waals surface area contributed by atoms with Crippen LogP contribution in [0.4, 0.5) is 5.13 Å². The molecule has 0 radical (unpaired) electrons. The molecular weight excluding hydrogens is 420 g/mol. The summed E-state index contributed by atoms with van der Waals surface area (Å²) in [6.07, 6.45) is 2.70. The van der Waals surface area contributed by atoms with Crippen LogP contribution >= 0.6 is 11.3 Å². The van der Waals surface area contributed by atoms with Crippen molar-refractivity contribution in [1.82, 2.24) is 15.0 Å². The highest BCUT2D eigenvalue weighted by molar-refractivity contribution is 7.13. The predicted octanol–water partition coefficient (Wildman–Crippen LogP) is 3.21. The van der Waals surface area contributed by atoms with Crippen LogP contribution in [0.3, 0.4) is 0 Å². The van der Waals surface area contributed by atoms with Crippen molar-refractivity contribution >= 4 is 34.3 Å². The zero-order valence-corrected chi connectivity index (χ0v) is 17.9. The van der Waals surface area contributed by atoms with E-state index in [1.54, 1.807) is 55.9 Å². The summed E-state index contributed by atoms with van der Waals surface area (Å²) >= 11 is 1.18. The zero-order valence-electron chi connectivity index (χ0n) is 17.1. The number of hydrogen-bond acceptors (Lipinski definition) is 8. The lowest BCUT2D eigenvalue weighted by molar-refractivity contribution is -0.142. The van der Waals surface area contributed by atoms with Crippen molar-refractivity contribution in [2.45, 2.75) is 32.8 Å². The number of carbonyl (C=O) groups excluding carboxylic acids is 3. The fraction of sp³-hybridized carbons (Fsp3) is 0.286. The molecule has 1 amide bonds. The molecule has 3 rings (SSSR count). The van der Waals surface area contributed by atoms with Crippen LogP contribution in [0.2, 0.25) is 0 Å². The van der Waals surface area contributed by atoms with Gasteiger partial charge in [-0.2, -0.15) is 0 Å². The molecule has 1 unspecified atom stereocenters. The van der Waals surface area contributed by atoms with Crippen molar-refractivity contribution in [2.24, 2.45) is 0 Å². The first-order valence-corrected chi connectivity index (χ1v) is 10.6. The molecule has 0 saturated carbocycles. The zero-order chi connectivity index (χ0) is 22.2. The molecule has 0 spiro atoms. The average Bonchev–Trinajstić information content (AvgIpc) is 3.44. The Morgan fingerprint density at radius 1 is 1.19 bits per heavy atom. The molecular formula is C21H22N4O5S. The number of aromatic nitrogens is 3. The van der Waals surface area contributed by atoms with Gasteiger partial charge in [-0.25, -0.2) is 14.8 Å². The molecule has 0 aliphatic carbocycles. The van der Waals surface area contributed by atoms with Gasteiger partial charge in [-0.15, -0.1) is 11.3 Å². The third-order valence-electron chi connectivity index (χ3n) is 4.22. The first-order valence-electron chi connectivity index (χ1n) is 9.71. The van der Waals surface area contributed by atoms with E-state index in [1.807, 2.05) is 0 Å². The van der Waals surface area contributed by atoms with Crippen LogP contribution in [0.5, 0.6) is 0 Å². The number of carbonyl (C=O) groups is 3. The lowest BCUT2D eigenvalue weighted by Gasteiger charge is -2.15. The van der Waals surface area contributed by atoms with E-state index in [2.05, 4.69) is 20.3 Å². The van der Waals surface area contributed by atoms with E-state index in [-0.39, 0.29) is 12.4 Å². The fourth-order valence-electron chi connectivity index (χ4n) is 2.70. The van der Waals surface area contributed by atoms with Crippen molar-refractivity contribution in [1.29, 1.82) is 0 Å². The number of aromatic amines is 1. The second kappa shape index (κ2) is 10.5. The summed E-state index contributed by atoms with van der Waals surface area (Å²) in [5.74, 6) is -0.782. The SMILES string of the molecule is CCOC(=O)Cc1csc(NC(=O)C(CC)OC(=O)c2ccc(-c3ncc[nH]3)cc2)n1. The maximum Gasteiger partial charge on any atom is 0.338 e. The van der Waals surface area contributed by atoms with Crippen molar-refractivity contribution in [3.8, 4) is 11.4 Å². The number of nitrogens with zero attached hydrogens (tertiary/aromatic N) is 2. The van der Waals surface area contributed by atoms with Crippen LogP contribution in [-0.2, 0) is 25.5 Å². The molecule has 31 heavy (non-hydrogen) atoms. The Morgan fingerprint density at radius 3 is 2.61 bits per heavy atom. The standard InChI is InChI=1S/C21H22N4O5S/c1-3-16(19(27)25-21-24-15(12-31-21)11-17(26)29-4-2)30-20(28)14-7-5-13(6-8-14)18-22-9-10-23-18/h5-10,12,16H,3-4,11H2,1-2H3,(H,22,23)(H,24,25,27). The Balaban J connectivity index is 1.57. The summed E-state index contributed by atoms with van der Waals surface area (Å²) in [5.41, 5.74) is 1.65. The number of H-pyrrole nitrogens is 1. The van der Waals surface area contributed by atoms with Gasteiger partial charge in [0.15, 0.2) is 11.2 Å². The topological polar surface area (TPSA) is 123 Å². The molecule has 0 fully saturated rings. The van der Waals surface area contributed by atoms with Gasteiger partial charge in [-0.3, -0.25) is 14.9 Å². The number of anilines is 1. The smallest absolute Gasteiger partial charge is 0.338 e. The number of ether oxygens (including phenoxy) is 2. The van der Waals surface area contributed by atoms with Crippen LogP contribution in [0, 0.1) is 0 Å². The molecule has 0 aliphatic rings. The Morgan fingerprint density at radius 2 is 1.97 bits per heavy atom. The maximum absolute atomic E-state index is 12.5. The Labute approximate surface area is 182 Å². The van der Waals surface area contributed by atoms with Crippen molar-refractivity contribution in [3.63, 3.8) is 0 Å². The molecule has 2 N–H and O–H groups in total. The number of amides is 1. The molecule has 1 atom stereocenters. The average molecular weight is 442 g/mol. The van der Waals surface area contributed by atoms with Gasteiger partial charge in [-0.1, -0.05) is 19.1 Å². The van der Waals surface area contributed by atoms with Crippen molar-refractivity contribution in [2.75, 3.05) is 11.9 Å². The first-order chi connectivity index (χ1) is 15.0. The van der Waals surface area contributed by atoms with Crippen molar-refractivity contribution in [3.05, 3.63) is 53.3 Å². The monoisotopic (exact) mass is 442 g/mol. The second-order valence-corrected chi connectivity index (χ2v) is 7.29. The molecule has 162 valence electrons. The lowest BCUT2D eigenvalue weighted by Crippen LogP contribution is -2.32. The van der Waals surface area contributed by atoms with Gasteiger partial charge >= 0.3 is 11.9 Å². The van der Waals surface area contributed by atoms with Crippen LogP contribution in [-0.4, -0.2) is 45.5 Å².